The van der Waals surface area contributed by atoms with Gasteiger partial charge in [0.05, 0.1) is 0 Å². The molecule has 0 aliphatic rings. The van der Waals surface area contributed by atoms with Crippen LogP contribution in [0.3, 0.4) is 0 Å². The van der Waals surface area contributed by atoms with E-state index in [0.717, 1.165) is 24.4 Å². The molecule has 17 heavy (non-hydrogen) atoms. The highest BCUT2D eigenvalue weighted by molar-refractivity contribution is 6.30. The molecule has 0 fully saturated rings. The van der Waals surface area contributed by atoms with Gasteiger partial charge in [-0.15, -0.1) is 0 Å². The summed E-state index contributed by atoms with van der Waals surface area (Å²) in [5, 5.41) is 4.26. The number of benzene rings is 1. The third kappa shape index (κ3) is 7.19. The second-order valence-corrected chi connectivity index (χ2v) is 5.70. The lowest BCUT2D eigenvalue weighted by Gasteiger charge is -2.19. The van der Waals surface area contributed by atoms with Crippen molar-refractivity contribution in [3.8, 4) is 0 Å². The molecule has 0 amide bonds. The zero-order valence-corrected chi connectivity index (χ0v) is 11.7. The molecule has 1 aromatic carbocycles. The van der Waals surface area contributed by atoms with Crippen LogP contribution in [0.2, 0.25) is 5.02 Å². The molecule has 0 aliphatic heterocycles. The van der Waals surface area contributed by atoms with Crippen LogP contribution in [0, 0.1) is 0 Å². The van der Waals surface area contributed by atoms with E-state index < -0.39 is 0 Å². The predicted molar refractivity (Wildman–Crippen MR) is 76.7 cm³/mol. The van der Waals surface area contributed by atoms with E-state index in [9.17, 15) is 0 Å². The third-order valence-corrected chi connectivity index (χ3v) is 2.65. The van der Waals surface area contributed by atoms with Crippen molar-refractivity contribution in [2.45, 2.75) is 39.2 Å². The van der Waals surface area contributed by atoms with Crippen LogP contribution in [-0.2, 0) is 6.42 Å². The van der Waals surface area contributed by atoms with Crippen molar-refractivity contribution >= 4 is 11.6 Å². The van der Waals surface area contributed by atoms with Crippen molar-refractivity contribution in [1.82, 2.24) is 5.32 Å². The third-order valence-electron chi connectivity index (χ3n) is 2.40. The van der Waals surface area contributed by atoms with E-state index in [1.165, 1.54) is 5.56 Å². The van der Waals surface area contributed by atoms with Crippen LogP contribution < -0.4 is 5.32 Å². The summed E-state index contributed by atoms with van der Waals surface area (Å²) in [6.45, 7) is 7.58. The van der Waals surface area contributed by atoms with Gasteiger partial charge in [0.2, 0.25) is 0 Å². The molecule has 1 N–H and O–H groups in total. The lowest BCUT2D eigenvalue weighted by molar-refractivity contribution is 0.431. The number of hydrogen-bond donors (Lipinski definition) is 1. The van der Waals surface area contributed by atoms with E-state index in [1.54, 1.807) is 0 Å². The summed E-state index contributed by atoms with van der Waals surface area (Å²) in [5.41, 5.74) is 1.51. The number of allylic oxidation sites excluding steroid dienone is 1. The maximum Gasteiger partial charge on any atom is 0.0406 e. The van der Waals surface area contributed by atoms with Gasteiger partial charge in [0.1, 0.15) is 0 Å². The van der Waals surface area contributed by atoms with Gasteiger partial charge >= 0.3 is 0 Å². The van der Waals surface area contributed by atoms with Crippen molar-refractivity contribution in [1.29, 1.82) is 0 Å². The monoisotopic (exact) mass is 251 g/mol. The van der Waals surface area contributed by atoms with Crippen molar-refractivity contribution in [2.24, 2.45) is 0 Å². The van der Waals surface area contributed by atoms with E-state index in [0.29, 0.717) is 0 Å². The minimum atomic E-state index is 0.212. The zero-order valence-electron chi connectivity index (χ0n) is 11.0. The van der Waals surface area contributed by atoms with Crippen molar-refractivity contribution < 1.29 is 0 Å². The van der Waals surface area contributed by atoms with E-state index >= 15 is 0 Å². The van der Waals surface area contributed by atoms with Gasteiger partial charge in [0.15, 0.2) is 0 Å². The fourth-order valence-corrected chi connectivity index (χ4v) is 1.61. The molecule has 94 valence electrons. The van der Waals surface area contributed by atoms with E-state index in [1.807, 2.05) is 12.1 Å². The molecule has 2 heteroatoms. The minimum Gasteiger partial charge on any atom is -0.312 e. The molecule has 0 aliphatic carbocycles. The van der Waals surface area contributed by atoms with Gasteiger partial charge < -0.3 is 5.32 Å². The first-order chi connectivity index (χ1) is 7.97. The van der Waals surface area contributed by atoms with Gasteiger partial charge in [-0.05, 0) is 57.9 Å². The molecule has 1 nitrogen and oxygen atoms in total. The second-order valence-electron chi connectivity index (χ2n) is 5.27. The fraction of sp³-hybridized carbons (Fsp3) is 0.467. The Kier molecular flexibility index (Phi) is 5.73. The molecular weight excluding hydrogens is 230 g/mol. The van der Waals surface area contributed by atoms with Crippen LogP contribution in [0.1, 0.15) is 32.8 Å². The van der Waals surface area contributed by atoms with E-state index in [4.69, 9.17) is 11.6 Å². The number of halogens is 1. The second kappa shape index (κ2) is 6.83. The highest BCUT2D eigenvalue weighted by Gasteiger charge is 2.05. The first-order valence-electron chi connectivity index (χ1n) is 6.12. The summed E-state index contributed by atoms with van der Waals surface area (Å²) >= 11 is 5.83. The smallest absolute Gasteiger partial charge is 0.0406 e. The molecule has 0 unspecified atom stereocenters. The van der Waals surface area contributed by atoms with Crippen LogP contribution >= 0.6 is 11.6 Å². The van der Waals surface area contributed by atoms with E-state index in [-0.39, 0.29) is 5.54 Å². The zero-order chi connectivity index (χ0) is 12.7. The van der Waals surface area contributed by atoms with Crippen LogP contribution in [0.25, 0.3) is 0 Å². The van der Waals surface area contributed by atoms with Gasteiger partial charge in [-0.2, -0.15) is 0 Å². The summed E-state index contributed by atoms with van der Waals surface area (Å²) in [7, 11) is 0. The molecular formula is C15H22ClN. The Hall–Kier alpha value is -0.790. The highest BCUT2D eigenvalue weighted by Crippen LogP contribution is 2.10. The number of nitrogens with one attached hydrogen (secondary N) is 1. The molecule has 0 bridgehead atoms. The van der Waals surface area contributed by atoms with Gasteiger partial charge in [-0.1, -0.05) is 35.9 Å². The number of rotatable bonds is 5. The lowest BCUT2D eigenvalue weighted by Crippen LogP contribution is -2.36. The van der Waals surface area contributed by atoms with Gasteiger partial charge in [-0.3, -0.25) is 0 Å². The minimum absolute atomic E-state index is 0.212. The Morgan fingerprint density at radius 1 is 1.12 bits per heavy atom. The maximum atomic E-state index is 5.83. The normalized spacial score (nSPS) is 12.2. The average Bonchev–Trinajstić information content (AvgIpc) is 2.24. The Morgan fingerprint density at radius 2 is 1.76 bits per heavy atom. The molecule has 0 saturated carbocycles. The van der Waals surface area contributed by atoms with Crippen molar-refractivity contribution in [3.63, 3.8) is 0 Å². The molecule has 0 atom stereocenters. The first-order valence-corrected chi connectivity index (χ1v) is 6.50. The quantitative estimate of drug-likeness (QED) is 0.610. The summed E-state index contributed by atoms with van der Waals surface area (Å²) in [6, 6.07) is 8.01. The van der Waals surface area contributed by atoms with Crippen molar-refractivity contribution in [3.05, 3.63) is 47.0 Å². The summed E-state index contributed by atoms with van der Waals surface area (Å²) in [4.78, 5) is 0. The van der Waals surface area contributed by atoms with Crippen LogP contribution in [-0.4, -0.2) is 12.1 Å². The van der Waals surface area contributed by atoms with Crippen LogP contribution in [0.15, 0.2) is 36.4 Å². The molecule has 0 saturated heterocycles. The molecule has 0 spiro atoms. The summed E-state index contributed by atoms with van der Waals surface area (Å²) in [6.07, 6.45) is 6.50. The maximum absolute atomic E-state index is 5.83. The number of hydrogen-bond acceptors (Lipinski definition) is 1. The molecule has 0 heterocycles. The largest absolute Gasteiger partial charge is 0.312 e. The molecule has 0 radical (unpaired) electrons. The first kappa shape index (κ1) is 14.3. The molecule has 1 rings (SSSR count). The summed E-state index contributed by atoms with van der Waals surface area (Å²) in [5.74, 6) is 0. The van der Waals surface area contributed by atoms with Gasteiger partial charge in [0.25, 0.3) is 0 Å². The Morgan fingerprint density at radius 3 is 2.35 bits per heavy atom. The molecule has 0 aromatic heterocycles. The van der Waals surface area contributed by atoms with Gasteiger partial charge in [0, 0.05) is 10.6 Å². The van der Waals surface area contributed by atoms with Crippen LogP contribution in [0.5, 0.6) is 0 Å². The average molecular weight is 252 g/mol. The highest BCUT2D eigenvalue weighted by atomic mass is 35.5. The van der Waals surface area contributed by atoms with E-state index in [2.05, 4.69) is 50.4 Å². The SMILES string of the molecule is CC(C)(C)NCCC=CCc1ccc(Cl)cc1. The Bertz CT molecular complexity index is 346. The topological polar surface area (TPSA) is 12.0 Å². The predicted octanol–water partition coefficient (Wildman–Crippen LogP) is 4.22. The standard InChI is InChI=1S/C15H22ClN/c1-15(2,3)17-12-6-4-5-7-13-8-10-14(16)11-9-13/h4-5,8-11,17H,6-7,12H2,1-3H3. The van der Waals surface area contributed by atoms with Gasteiger partial charge in [-0.25, -0.2) is 0 Å². The Balaban J connectivity index is 2.20. The fourth-order valence-electron chi connectivity index (χ4n) is 1.49. The van der Waals surface area contributed by atoms with Crippen molar-refractivity contribution in [2.75, 3.05) is 6.54 Å². The Labute approximate surface area is 110 Å². The molecule has 1 aromatic rings. The summed E-state index contributed by atoms with van der Waals surface area (Å²) < 4.78 is 0. The lowest BCUT2D eigenvalue weighted by atomic mass is 10.1. The van der Waals surface area contributed by atoms with Crippen LogP contribution in [0.4, 0.5) is 0 Å².